The van der Waals surface area contributed by atoms with E-state index in [0.717, 1.165) is 19.3 Å². The van der Waals surface area contributed by atoms with Crippen LogP contribution < -0.4 is 5.32 Å². The van der Waals surface area contributed by atoms with Gasteiger partial charge in [0.15, 0.2) is 0 Å². The van der Waals surface area contributed by atoms with Gasteiger partial charge < -0.3 is 5.32 Å². The van der Waals surface area contributed by atoms with Crippen LogP contribution in [-0.4, -0.2) is 20.7 Å². The lowest BCUT2D eigenvalue weighted by Gasteiger charge is -2.02. The second-order valence-electron chi connectivity index (χ2n) is 4.19. The molecule has 1 saturated carbocycles. The summed E-state index contributed by atoms with van der Waals surface area (Å²) < 4.78 is 1.58. The molecule has 0 saturated heterocycles. The van der Waals surface area contributed by atoms with Gasteiger partial charge >= 0.3 is 5.69 Å². The summed E-state index contributed by atoms with van der Waals surface area (Å²) in [5.41, 5.74) is 0.731. The van der Waals surface area contributed by atoms with Gasteiger partial charge in [0.2, 0.25) is 5.82 Å². The van der Waals surface area contributed by atoms with Crippen molar-refractivity contribution in [2.24, 2.45) is 7.05 Å². The fourth-order valence-corrected chi connectivity index (χ4v) is 1.75. The van der Waals surface area contributed by atoms with Crippen molar-refractivity contribution in [2.75, 3.05) is 5.32 Å². The molecule has 6 nitrogen and oxygen atoms in total. The molecule has 1 aliphatic rings. The summed E-state index contributed by atoms with van der Waals surface area (Å²) in [5, 5.41) is 18.4. The van der Waals surface area contributed by atoms with Crippen molar-refractivity contribution in [3.63, 3.8) is 0 Å². The SMILES string of the molecule is CCCc1nn(C)c(NC2CC2)c1[N+](=O)[O-]. The van der Waals surface area contributed by atoms with Crippen LogP contribution in [0.2, 0.25) is 0 Å². The van der Waals surface area contributed by atoms with Gasteiger partial charge in [-0.2, -0.15) is 5.10 Å². The van der Waals surface area contributed by atoms with Crippen LogP contribution in [0.25, 0.3) is 0 Å². The van der Waals surface area contributed by atoms with Crippen molar-refractivity contribution in [2.45, 2.75) is 38.6 Å². The van der Waals surface area contributed by atoms with Crippen LogP contribution >= 0.6 is 0 Å². The summed E-state index contributed by atoms with van der Waals surface area (Å²) in [5.74, 6) is 0.552. The van der Waals surface area contributed by atoms with E-state index in [9.17, 15) is 10.1 Å². The zero-order valence-electron chi connectivity index (χ0n) is 9.56. The first-order valence-corrected chi connectivity index (χ1v) is 5.60. The van der Waals surface area contributed by atoms with E-state index < -0.39 is 0 Å². The van der Waals surface area contributed by atoms with Crippen LogP contribution in [0.5, 0.6) is 0 Å². The quantitative estimate of drug-likeness (QED) is 0.612. The Morgan fingerprint density at radius 3 is 2.81 bits per heavy atom. The van der Waals surface area contributed by atoms with E-state index in [1.165, 1.54) is 0 Å². The molecule has 2 rings (SSSR count). The normalized spacial score (nSPS) is 15.1. The second kappa shape index (κ2) is 4.11. The third-order valence-electron chi connectivity index (χ3n) is 2.68. The van der Waals surface area contributed by atoms with Crippen molar-refractivity contribution in [3.05, 3.63) is 15.8 Å². The number of aromatic nitrogens is 2. The molecule has 1 fully saturated rings. The van der Waals surface area contributed by atoms with E-state index in [4.69, 9.17) is 0 Å². The zero-order valence-corrected chi connectivity index (χ0v) is 9.56. The average Bonchev–Trinajstić information content (AvgIpc) is 2.94. The number of anilines is 1. The molecule has 0 aromatic carbocycles. The Kier molecular flexibility index (Phi) is 2.80. The van der Waals surface area contributed by atoms with Gasteiger partial charge in [-0.05, 0) is 19.3 Å². The molecule has 1 heterocycles. The summed E-state index contributed by atoms with van der Waals surface area (Å²) in [6.07, 6.45) is 3.69. The van der Waals surface area contributed by atoms with E-state index in [1.807, 2.05) is 6.92 Å². The van der Waals surface area contributed by atoms with Gasteiger partial charge in [-0.3, -0.25) is 10.1 Å². The maximum atomic E-state index is 11.0. The molecule has 1 aromatic rings. The summed E-state index contributed by atoms with van der Waals surface area (Å²) in [7, 11) is 1.75. The Balaban J connectivity index is 2.35. The van der Waals surface area contributed by atoms with Crippen LogP contribution in [0.15, 0.2) is 0 Å². The fourth-order valence-electron chi connectivity index (χ4n) is 1.75. The summed E-state index contributed by atoms with van der Waals surface area (Å²) in [4.78, 5) is 10.7. The Bertz CT molecular complexity index is 409. The number of nitrogens with zero attached hydrogens (tertiary/aromatic N) is 3. The van der Waals surface area contributed by atoms with Crippen molar-refractivity contribution >= 4 is 11.5 Å². The Morgan fingerprint density at radius 1 is 1.62 bits per heavy atom. The monoisotopic (exact) mass is 224 g/mol. The number of nitro groups is 1. The van der Waals surface area contributed by atoms with Gasteiger partial charge in [-0.15, -0.1) is 0 Å². The first kappa shape index (κ1) is 10.9. The van der Waals surface area contributed by atoms with E-state index in [1.54, 1.807) is 11.7 Å². The van der Waals surface area contributed by atoms with Crippen LogP contribution in [0.4, 0.5) is 11.5 Å². The summed E-state index contributed by atoms with van der Waals surface area (Å²) >= 11 is 0. The highest BCUT2D eigenvalue weighted by atomic mass is 16.6. The summed E-state index contributed by atoms with van der Waals surface area (Å²) in [6.45, 7) is 1.99. The van der Waals surface area contributed by atoms with Crippen LogP contribution in [0, 0.1) is 10.1 Å². The smallest absolute Gasteiger partial charge is 0.333 e. The molecular weight excluding hydrogens is 208 g/mol. The third kappa shape index (κ3) is 2.00. The number of nitrogens with one attached hydrogen (secondary N) is 1. The lowest BCUT2D eigenvalue weighted by atomic mass is 10.2. The van der Waals surface area contributed by atoms with Crippen LogP contribution in [0.3, 0.4) is 0 Å². The largest absolute Gasteiger partial charge is 0.362 e. The molecule has 0 spiro atoms. The minimum Gasteiger partial charge on any atom is -0.362 e. The molecule has 0 amide bonds. The molecular formula is C10H16N4O2. The molecule has 0 aliphatic heterocycles. The Labute approximate surface area is 93.8 Å². The first-order valence-electron chi connectivity index (χ1n) is 5.60. The van der Waals surface area contributed by atoms with Gasteiger partial charge in [-0.1, -0.05) is 13.3 Å². The minimum absolute atomic E-state index is 0.149. The van der Waals surface area contributed by atoms with E-state index in [2.05, 4.69) is 10.4 Å². The number of rotatable bonds is 5. The zero-order chi connectivity index (χ0) is 11.7. The predicted octanol–water partition coefficient (Wildman–Crippen LogP) is 1.86. The van der Waals surface area contributed by atoms with Gasteiger partial charge in [-0.25, -0.2) is 4.68 Å². The van der Waals surface area contributed by atoms with Crippen LogP contribution in [0.1, 0.15) is 31.9 Å². The standard InChI is InChI=1S/C10H16N4O2/c1-3-4-8-9(14(15)16)10(13(2)12-8)11-7-5-6-7/h7,11H,3-6H2,1-2H3. The molecule has 6 heteroatoms. The molecule has 0 radical (unpaired) electrons. The molecule has 0 atom stereocenters. The van der Waals surface area contributed by atoms with Gasteiger partial charge in [0.05, 0.1) is 4.92 Å². The molecule has 0 unspecified atom stereocenters. The molecule has 1 aliphatic carbocycles. The highest BCUT2D eigenvalue weighted by molar-refractivity contribution is 5.60. The first-order chi connectivity index (χ1) is 7.63. The van der Waals surface area contributed by atoms with E-state index in [0.29, 0.717) is 24.0 Å². The Hall–Kier alpha value is -1.59. The van der Waals surface area contributed by atoms with Gasteiger partial charge in [0.1, 0.15) is 5.69 Å². The number of hydrogen-bond donors (Lipinski definition) is 1. The van der Waals surface area contributed by atoms with Crippen molar-refractivity contribution < 1.29 is 4.92 Å². The molecule has 16 heavy (non-hydrogen) atoms. The van der Waals surface area contributed by atoms with Gasteiger partial charge in [0.25, 0.3) is 0 Å². The number of aryl methyl sites for hydroxylation is 2. The van der Waals surface area contributed by atoms with Crippen LogP contribution in [-0.2, 0) is 13.5 Å². The van der Waals surface area contributed by atoms with Crippen molar-refractivity contribution in [3.8, 4) is 0 Å². The molecule has 0 bridgehead atoms. The maximum absolute atomic E-state index is 11.0. The topological polar surface area (TPSA) is 73.0 Å². The van der Waals surface area contributed by atoms with Crippen molar-refractivity contribution in [1.29, 1.82) is 0 Å². The average molecular weight is 224 g/mol. The highest BCUT2D eigenvalue weighted by Gasteiger charge is 2.30. The lowest BCUT2D eigenvalue weighted by Crippen LogP contribution is -2.07. The van der Waals surface area contributed by atoms with Crippen molar-refractivity contribution in [1.82, 2.24) is 9.78 Å². The summed E-state index contributed by atoms with van der Waals surface area (Å²) in [6, 6.07) is 0.392. The van der Waals surface area contributed by atoms with E-state index in [-0.39, 0.29) is 10.6 Å². The maximum Gasteiger partial charge on any atom is 0.333 e. The molecule has 88 valence electrons. The predicted molar refractivity (Wildman–Crippen MR) is 60.5 cm³/mol. The second-order valence-corrected chi connectivity index (χ2v) is 4.19. The Morgan fingerprint density at radius 2 is 2.31 bits per heavy atom. The third-order valence-corrected chi connectivity index (χ3v) is 2.68. The number of hydrogen-bond acceptors (Lipinski definition) is 4. The minimum atomic E-state index is -0.331. The highest BCUT2D eigenvalue weighted by Crippen LogP contribution is 2.33. The lowest BCUT2D eigenvalue weighted by molar-refractivity contribution is -0.384. The van der Waals surface area contributed by atoms with E-state index >= 15 is 0 Å². The molecule has 1 N–H and O–H groups in total. The van der Waals surface area contributed by atoms with Gasteiger partial charge in [0, 0.05) is 13.1 Å². The molecule has 1 aromatic heterocycles. The fraction of sp³-hybridized carbons (Fsp3) is 0.700.